The number of amides is 2. The Hall–Kier alpha value is -4.89. The Bertz CT molecular complexity index is 1820. The van der Waals surface area contributed by atoms with Gasteiger partial charge in [0, 0.05) is 21.9 Å². The van der Waals surface area contributed by atoms with Crippen molar-refractivity contribution >= 4 is 45.5 Å². The van der Waals surface area contributed by atoms with Gasteiger partial charge in [0.05, 0.1) is 17.4 Å². The fourth-order valence-electron chi connectivity index (χ4n) is 7.42. The number of benzene rings is 4. The molecule has 2 bridgehead atoms. The van der Waals surface area contributed by atoms with Gasteiger partial charge >= 0.3 is 11.9 Å². The predicted molar refractivity (Wildman–Crippen MR) is 175 cm³/mol. The number of ether oxygens (including phenoxy) is 2. The third kappa shape index (κ3) is 5.19. The number of Topliss-reactive ketones (excluding diaryl/α,β-unsaturated/α-hetero) is 1. The van der Waals surface area contributed by atoms with Crippen LogP contribution in [0.4, 0.5) is 0 Å². The first kappa shape index (κ1) is 30.7. The van der Waals surface area contributed by atoms with E-state index in [-0.39, 0.29) is 35.0 Å². The number of imide groups is 1. The number of hydrogen-bond donors (Lipinski definition) is 0. The zero-order valence-electron chi connectivity index (χ0n) is 25.6. The maximum atomic E-state index is 14.2. The molecule has 2 amide bonds. The molecule has 0 spiro atoms. The molecule has 4 aromatic rings. The van der Waals surface area contributed by atoms with Gasteiger partial charge in [0.1, 0.15) is 11.8 Å². The maximum Gasteiger partial charge on any atom is 0.343 e. The molecule has 236 valence electrons. The molecule has 3 atom stereocenters. The summed E-state index contributed by atoms with van der Waals surface area (Å²) in [5.74, 6) is -4.62. The number of carbonyl (C=O) groups is 5. The summed E-state index contributed by atoms with van der Waals surface area (Å²) in [7, 11) is 0. The molecule has 0 N–H and O–H groups in total. The molecular weight excluding hydrogens is 662 g/mol. The molecule has 1 aliphatic heterocycles. The van der Waals surface area contributed by atoms with Gasteiger partial charge in [-0.2, -0.15) is 0 Å². The molecule has 0 aromatic heterocycles. The number of ketones is 1. The van der Waals surface area contributed by atoms with E-state index in [4.69, 9.17) is 9.47 Å². The van der Waals surface area contributed by atoms with Crippen molar-refractivity contribution in [2.45, 2.75) is 31.7 Å². The molecule has 47 heavy (non-hydrogen) atoms. The van der Waals surface area contributed by atoms with Crippen molar-refractivity contribution in [1.29, 1.82) is 0 Å². The highest BCUT2D eigenvalue weighted by Crippen LogP contribution is 2.61. The second kappa shape index (κ2) is 12.0. The van der Waals surface area contributed by atoms with E-state index in [1.54, 1.807) is 38.1 Å². The Balaban J connectivity index is 1.06. The lowest BCUT2D eigenvalue weighted by Crippen LogP contribution is -2.49. The normalized spacial score (nSPS) is 21.1. The van der Waals surface area contributed by atoms with Gasteiger partial charge in [0.25, 0.3) is 0 Å². The summed E-state index contributed by atoms with van der Waals surface area (Å²) >= 11 is 3.32. The number of carbonyl (C=O) groups excluding carboxylic acids is 5. The summed E-state index contributed by atoms with van der Waals surface area (Å²) in [6.45, 7) is 2.93. The van der Waals surface area contributed by atoms with Crippen molar-refractivity contribution in [2.75, 3.05) is 6.61 Å². The first-order valence-electron chi connectivity index (χ1n) is 15.5. The van der Waals surface area contributed by atoms with E-state index in [1.165, 1.54) is 24.3 Å². The summed E-state index contributed by atoms with van der Waals surface area (Å²) in [6, 6.07) is 27.4. The van der Waals surface area contributed by atoms with E-state index >= 15 is 0 Å². The Kier molecular flexibility index (Phi) is 7.88. The first-order valence-corrected chi connectivity index (χ1v) is 16.3. The molecule has 4 aliphatic rings. The number of esters is 2. The van der Waals surface area contributed by atoms with E-state index in [9.17, 15) is 24.0 Å². The van der Waals surface area contributed by atoms with Gasteiger partial charge in [-0.15, -0.1) is 0 Å². The third-order valence-corrected chi connectivity index (χ3v) is 9.97. The van der Waals surface area contributed by atoms with E-state index in [0.29, 0.717) is 5.56 Å². The largest absolute Gasteiger partial charge is 0.456 e. The predicted octanol–water partition coefficient (Wildman–Crippen LogP) is 6.31. The number of hydrogen-bond acceptors (Lipinski definition) is 7. The van der Waals surface area contributed by atoms with Crippen LogP contribution >= 0.6 is 15.9 Å². The van der Waals surface area contributed by atoms with E-state index < -0.39 is 48.1 Å². The minimum atomic E-state index is -1.18. The summed E-state index contributed by atoms with van der Waals surface area (Å²) in [5, 5.41) is 0. The molecule has 8 rings (SSSR count). The van der Waals surface area contributed by atoms with Gasteiger partial charge < -0.3 is 9.47 Å². The summed E-state index contributed by atoms with van der Waals surface area (Å²) in [4.78, 5) is 68.4. The third-order valence-electron chi connectivity index (χ3n) is 9.45. The van der Waals surface area contributed by atoms with Crippen LogP contribution < -0.4 is 4.74 Å². The van der Waals surface area contributed by atoms with E-state index in [2.05, 4.69) is 15.9 Å². The average molecular weight is 693 g/mol. The summed E-state index contributed by atoms with van der Waals surface area (Å²) < 4.78 is 11.7. The number of halogens is 1. The molecule has 1 saturated heterocycles. The van der Waals surface area contributed by atoms with Crippen LogP contribution in [0, 0.1) is 17.8 Å². The van der Waals surface area contributed by atoms with Crippen LogP contribution in [0.15, 0.2) is 102 Å². The average Bonchev–Trinajstić information content (AvgIpc) is 3.33. The fourth-order valence-corrected chi connectivity index (χ4v) is 7.68. The van der Waals surface area contributed by atoms with Crippen LogP contribution in [0.5, 0.6) is 5.75 Å². The lowest BCUT2D eigenvalue weighted by molar-refractivity contribution is -0.160. The molecule has 1 heterocycles. The summed E-state index contributed by atoms with van der Waals surface area (Å²) in [5.41, 5.74) is 4.80. The minimum Gasteiger partial charge on any atom is -0.456 e. The van der Waals surface area contributed by atoms with Crippen LogP contribution in [-0.4, -0.2) is 47.1 Å². The van der Waals surface area contributed by atoms with Crippen molar-refractivity contribution in [1.82, 2.24) is 4.90 Å². The van der Waals surface area contributed by atoms with Crippen LogP contribution in [0.2, 0.25) is 0 Å². The van der Waals surface area contributed by atoms with Crippen LogP contribution in [0.3, 0.4) is 0 Å². The smallest absolute Gasteiger partial charge is 0.343 e. The van der Waals surface area contributed by atoms with Crippen molar-refractivity contribution in [2.24, 2.45) is 17.8 Å². The molecule has 2 unspecified atom stereocenters. The SMILES string of the molecule is CC(C)[C@@H](C(=O)OCC(=O)c1ccc(OC(=O)c2ccc(Br)cc2)cc1)N1C(=O)C2C3c4ccccc4C(c4ccccc43)C2C1=O. The van der Waals surface area contributed by atoms with Crippen LogP contribution in [-0.2, 0) is 19.1 Å². The second-order valence-corrected chi connectivity index (χ2v) is 13.4. The van der Waals surface area contributed by atoms with Gasteiger partial charge in [-0.1, -0.05) is 78.3 Å². The van der Waals surface area contributed by atoms with Gasteiger partial charge in [0.15, 0.2) is 12.4 Å². The molecule has 0 saturated carbocycles. The maximum absolute atomic E-state index is 14.2. The quantitative estimate of drug-likeness (QED) is 0.0923. The van der Waals surface area contributed by atoms with Crippen molar-refractivity contribution in [3.8, 4) is 5.75 Å². The van der Waals surface area contributed by atoms with Crippen LogP contribution in [0.25, 0.3) is 0 Å². The fraction of sp³-hybridized carbons (Fsp3) is 0.237. The molecule has 8 nitrogen and oxygen atoms in total. The molecular formula is C38H30BrNO7. The van der Waals surface area contributed by atoms with Gasteiger partial charge in [0.2, 0.25) is 11.8 Å². The monoisotopic (exact) mass is 691 g/mol. The number of nitrogens with zero attached hydrogens (tertiary/aromatic N) is 1. The Labute approximate surface area is 279 Å². The molecule has 9 heteroatoms. The van der Waals surface area contributed by atoms with Gasteiger partial charge in [-0.05, 0) is 76.7 Å². The lowest BCUT2D eigenvalue weighted by Gasteiger charge is -2.45. The van der Waals surface area contributed by atoms with Gasteiger partial charge in [-0.25, -0.2) is 9.59 Å². The van der Waals surface area contributed by atoms with Gasteiger partial charge in [-0.3, -0.25) is 19.3 Å². The highest BCUT2D eigenvalue weighted by Gasteiger charge is 2.63. The van der Waals surface area contributed by atoms with E-state index in [1.807, 2.05) is 48.5 Å². The topological polar surface area (TPSA) is 107 Å². The van der Waals surface area contributed by atoms with Crippen LogP contribution in [0.1, 0.15) is 68.7 Å². The Morgan fingerprint density at radius 1 is 0.702 bits per heavy atom. The first-order chi connectivity index (χ1) is 22.7. The zero-order valence-corrected chi connectivity index (χ0v) is 27.2. The highest BCUT2D eigenvalue weighted by atomic mass is 79.9. The zero-order chi connectivity index (χ0) is 33.0. The Morgan fingerprint density at radius 3 is 1.64 bits per heavy atom. The molecule has 0 radical (unpaired) electrons. The molecule has 4 aromatic carbocycles. The molecule has 3 aliphatic carbocycles. The lowest BCUT2D eigenvalue weighted by atomic mass is 9.55. The summed E-state index contributed by atoms with van der Waals surface area (Å²) in [6.07, 6.45) is 0. The number of rotatable bonds is 8. The minimum absolute atomic E-state index is 0.244. The number of likely N-dealkylation sites (tertiary alicyclic amines) is 1. The Morgan fingerprint density at radius 2 is 1.17 bits per heavy atom. The second-order valence-electron chi connectivity index (χ2n) is 12.5. The highest BCUT2D eigenvalue weighted by molar-refractivity contribution is 9.10. The standard InChI is InChI=1S/C38H30BrNO7/c1-20(2)34(38(45)46-19-29(41)21-13-17-24(18-14-21)47-37(44)22-11-15-23(39)16-12-22)40-35(42)32-30-25-7-3-4-8-26(25)31(33(32)36(40)43)28-10-6-5-9-27(28)30/h3-18,20,30-34H,19H2,1-2H3/t30?,31?,32?,33?,34-/m0/s1. The molecule has 1 fully saturated rings. The van der Waals surface area contributed by atoms with Crippen molar-refractivity contribution in [3.63, 3.8) is 0 Å². The van der Waals surface area contributed by atoms with Crippen molar-refractivity contribution in [3.05, 3.63) is 135 Å². The van der Waals surface area contributed by atoms with E-state index in [0.717, 1.165) is 31.6 Å². The van der Waals surface area contributed by atoms with Crippen molar-refractivity contribution < 1.29 is 33.4 Å².